The molecular weight excluding hydrogens is 320 g/mol. The van der Waals surface area contributed by atoms with Gasteiger partial charge in [0.15, 0.2) is 0 Å². The molecular formula is C19H30N2O2S. The van der Waals surface area contributed by atoms with Gasteiger partial charge in [0.05, 0.1) is 13.2 Å². The summed E-state index contributed by atoms with van der Waals surface area (Å²) in [6, 6.07) is 4.04. The van der Waals surface area contributed by atoms with E-state index in [0.717, 1.165) is 38.9 Å². The summed E-state index contributed by atoms with van der Waals surface area (Å²) in [5.74, 6) is 0.105. The molecule has 24 heavy (non-hydrogen) atoms. The van der Waals surface area contributed by atoms with Crippen LogP contribution in [0.15, 0.2) is 29.2 Å². The van der Waals surface area contributed by atoms with Crippen LogP contribution in [0, 0.1) is 5.41 Å². The highest BCUT2D eigenvalue weighted by Crippen LogP contribution is 2.33. The van der Waals surface area contributed by atoms with Gasteiger partial charge in [-0.3, -0.25) is 4.79 Å². The Bertz CT molecular complexity index is 538. The summed E-state index contributed by atoms with van der Waals surface area (Å²) >= 11 is 1.66. The average molecular weight is 351 g/mol. The first-order chi connectivity index (χ1) is 11.5. The first-order valence-corrected chi connectivity index (χ1v) is 9.67. The summed E-state index contributed by atoms with van der Waals surface area (Å²) < 4.78 is 0. The van der Waals surface area contributed by atoms with Crippen molar-refractivity contribution in [3.63, 3.8) is 0 Å². The third kappa shape index (κ3) is 6.04. The number of hydrogen-bond acceptors (Lipinski definition) is 4. The zero-order valence-corrected chi connectivity index (χ0v) is 15.7. The largest absolute Gasteiger partial charge is 0.396 e. The Morgan fingerprint density at radius 3 is 3.00 bits per heavy atom. The van der Waals surface area contributed by atoms with Crippen molar-refractivity contribution in [3.8, 4) is 0 Å². The number of rotatable bonds is 8. The van der Waals surface area contributed by atoms with E-state index in [1.165, 1.54) is 10.5 Å². The molecule has 1 saturated heterocycles. The highest BCUT2D eigenvalue weighted by Gasteiger charge is 2.33. The molecule has 2 N–H and O–H groups in total. The van der Waals surface area contributed by atoms with Gasteiger partial charge in [0.25, 0.3) is 0 Å². The summed E-state index contributed by atoms with van der Waals surface area (Å²) in [7, 11) is 0. The van der Waals surface area contributed by atoms with Crippen LogP contribution in [0.3, 0.4) is 0 Å². The van der Waals surface area contributed by atoms with Crippen molar-refractivity contribution in [3.05, 3.63) is 34.0 Å². The number of allylic oxidation sites excluding steroid dienone is 2. The van der Waals surface area contributed by atoms with Crippen LogP contribution in [0.25, 0.3) is 0 Å². The van der Waals surface area contributed by atoms with Gasteiger partial charge in [-0.15, -0.1) is 11.3 Å². The molecule has 0 aliphatic carbocycles. The molecule has 1 fully saturated rings. The van der Waals surface area contributed by atoms with Crippen molar-refractivity contribution >= 4 is 17.2 Å². The van der Waals surface area contributed by atoms with Crippen LogP contribution < -0.4 is 5.32 Å². The Morgan fingerprint density at radius 1 is 1.50 bits per heavy atom. The summed E-state index contributed by atoms with van der Waals surface area (Å²) in [4.78, 5) is 15.6. The second kappa shape index (κ2) is 9.35. The van der Waals surface area contributed by atoms with Crippen LogP contribution in [0.5, 0.6) is 0 Å². The van der Waals surface area contributed by atoms with Crippen molar-refractivity contribution in [2.75, 3.05) is 26.2 Å². The number of nitrogens with zero attached hydrogens (tertiary/aromatic N) is 1. The normalized spacial score (nSPS) is 21.5. The Labute approximate surface area is 149 Å². The van der Waals surface area contributed by atoms with E-state index in [2.05, 4.69) is 30.1 Å². The molecule has 1 atom stereocenters. The number of thiophene rings is 1. The lowest BCUT2D eigenvalue weighted by molar-refractivity contribution is -0.121. The summed E-state index contributed by atoms with van der Waals surface area (Å²) in [6.45, 7) is 7.72. The number of carbonyl (C=O) groups excluding carboxylic acids is 1. The SMILES string of the molecule is CC(C)=CC[C@@]1(CO)CCCN(CCC(=O)NCc2cccs2)C1. The molecule has 0 bridgehead atoms. The Hall–Kier alpha value is -1.17. The van der Waals surface area contributed by atoms with E-state index in [4.69, 9.17) is 0 Å². The number of likely N-dealkylation sites (tertiary alicyclic amines) is 1. The zero-order valence-electron chi connectivity index (χ0n) is 14.9. The van der Waals surface area contributed by atoms with E-state index >= 15 is 0 Å². The minimum Gasteiger partial charge on any atom is -0.396 e. The number of piperidine rings is 1. The standard InChI is InChI=1S/C19H30N2O2S/c1-16(2)6-9-19(15-22)8-4-10-21(14-19)11-7-18(23)20-13-17-5-3-12-24-17/h3,5-6,12,22H,4,7-11,13-15H2,1-2H3,(H,20,23)/t19-/m0/s1. The van der Waals surface area contributed by atoms with E-state index in [0.29, 0.717) is 13.0 Å². The molecule has 2 heterocycles. The van der Waals surface area contributed by atoms with Gasteiger partial charge < -0.3 is 15.3 Å². The van der Waals surface area contributed by atoms with Crippen molar-refractivity contribution in [2.24, 2.45) is 5.41 Å². The fraction of sp³-hybridized carbons (Fsp3) is 0.632. The molecule has 2 rings (SSSR count). The number of aliphatic hydroxyl groups excluding tert-OH is 1. The molecule has 0 spiro atoms. The molecule has 1 aromatic heterocycles. The maximum Gasteiger partial charge on any atom is 0.221 e. The minimum absolute atomic E-state index is 0.0387. The van der Waals surface area contributed by atoms with Crippen LogP contribution in [-0.2, 0) is 11.3 Å². The van der Waals surface area contributed by atoms with Gasteiger partial charge in [0.1, 0.15) is 0 Å². The molecule has 134 valence electrons. The highest BCUT2D eigenvalue weighted by molar-refractivity contribution is 7.09. The number of nitrogens with one attached hydrogen (secondary N) is 1. The molecule has 0 unspecified atom stereocenters. The van der Waals surface area contributed by atoms with Crippen molar-refractivity contribution < 1.29 is 9.90 Å². The van der Waals surface area contributed by atoms with Gasteiger partial charge in [-0.1, -0.05) is 17.7 Å². The Kier molecular flexibility index (Phi) is 7.46. The number of carbonyl (C=O) groups is 1. The maximum absolute atomic E-state index is 12.0. The van der Waals surface area contributed by atoms with Crippen molar-refractivity contribution in [2.45, 2.75) is 46.1 Å². The molecule has 5 heteroatoms. The second-order valence-corrected chi connectivity index (χ2v) is 8.16. The van der Waals surface area contributed by atoms with E-state index in [9.17, 15) is 9.90 Å². The topological polar surface area (TPSA) is 52.6 Å². The molecule has 1 aromatic rings. The van der Waals surface area contributed by atoms with Gasteiger partial charge in [-0.05, 0) is 51.1 Å². The number of hydrogen-bond donors (Lipinski definition) is 2. The van der Waals surface area contributed by atoms with E-state index in [-0.39, 0.29) is 17.9 Å². The van der Waals surface area contributed by atoms with Crippen molar-refractivity contribution in [1.29, 1.82) is 0 Å². The van der Waals surface area contributed by atoms with Crippen LogP contribution in [0.2, 0.25) is 0 Å². The predicted molar refractivity (Wildman–Crippen MR) is 100 cm³/mol. The minimum atomic E-state index is -0.0387. The van der Waals surface area contributed by atoms with Gasteiger partial charge in [-0.2, -0.15) is 0 Å². The van der Waals surface area contributed by atoms with E-state index < -0.39 is 0 Å². The second-order valence-electron chi connectivity index (χ2n) is 7.13. The quantitative estimate of drug-likeness (QED) is 0.708. The third-order valence-electron chi connectivity index (χ3n) is 4.71. The van der Waals surface area contributed by atoms with E-state index in [1.54, 1.807) is 11.3 Å². The molecule has 4 nitrogen and oxygen atoms in total. The fourth-order valence-electron chi connectivity index (χ4n) is 3.23. The van der Waals surface area contributed by atoms with Gasteiger partial charge >= 0.3 is 0 Å². The Balaban J connectivity index is 1.77. The fourth-order valence-corrected chi connectivity index (χ4v) is 3.87. The smallest absolute Gasteiger partial charge is 0.221 e. The maximum atomic E-state index is 12.0. The molecule has 1 aliphatic heterocycles. The van der Waals surface area contributed by atoms with Crippen LogP contribution in [0.1, 0.15) is 44.4 Å². The Morgan fingerprint density at radius 2 is 2.33 bits per heavy atom. The molecule has 1 amide bonds. The lowest BCUT2D eigenvalue weighted by atomic mass is 9.77. The molecule has 1 aliphatic rings. The molecule has 0 radical (unpaired) electrons. The monoisotopic (exact) mass is 350 g/mol. The molecule has 0 aromatic carbocycles. The summed E-state index contributed by atoms with van der Waals surface area (Å²) in [5.41, 5.74) is 1.26. The summed E-state index contributed by atoms with van der Waals surface area (Å²) in [5, 5.41) is 14.9. The van der Waals surface area contributed by atoms with Gasteiger partial charge in [0, 0.05) is 29.8 Å². The average Bonchev–Trinajstić information content (AvgIpc) is 3.10. The van der Waals surface area contributed by atoms with Gasteiger partial charge in [-0.25, -0.2) is 0 Å². The lowest BCUT2D eigenvalue weighted by Gasteiger charge is -2.41. The summed E-state index contributed by atoms with van der Waals surface area (Å²) in [6.07, 6.45) is 5.83. The van der Waals surface area contributed by atoms with Crippen LogP contribution in [-0.4, -0.2) is 42.2 Å². The number of amides is 1. The first kappa shape index (κ1) is 19.2. The van der Waals surface area contributed by atoms with E-state index in [1.807, 2.05) is 17.5 Å². The van der Waals surface area contributed by atoms with Crippen LogP contribution >= 0.6 is 11.3 Å². The predicted octanol–water partition coefficient (Wildman–Crippen LogP) is 3.19. The zero-order chi connectivity index (χ0) is 17.4. The lowest BCUT2D eigenvalue weighted by Crippen LogP contribution is -2.46. The number of aliphatic hydroxyl groups is 1. The molecule has 0 saturated carbocycles. The van der Waals surface area contributed by atoms with Gasteiger partial charge in [0.2, 0.25) is 5.91 Å². The first-order valence-electron chi connectivity index (χ1n) is 8.79. The highest BCUT2D eigenvalue weighted by atomic mass is 32.1. The van der Waals surface area contributed by atoms with Crippen LogP contribution in [0.4, 0.5) is 0 Å². The van der Waals surface area contributed by atoms with Crippen molar-refractivity contribution in [1.82, 2.24) is 10.2 Å². The third-order valence-corrected chi connectivity index (χ3v) is 5.59.